The highest BCUT2D eigenvalue weighted by molar-refractivity contribution is 5.98. The third-order valence-electron chi connectivity index (χ3n) is 5.04. The molecule has 8 nitrogen and oxygen atoms in total. The molecule has 0 fully saturated rings. The largest absolute Gasteiger partial charge is 0.385 e. The van der Waals surface area contributed by atoms with E-state index in [2.05, 4.69) is 42.5 Å². The number of nitrogens with one attached hydrogen (secondary N) is 2. The van der Waals surface area contributed by atoms with Crippen LogP contribution in [0.1, 0.15) is 31.1 Å². The lowest BCUT2D eigenvalue weighted by Gasteiger charge is -2.19. The SMILES string of the molecule is CNC(=O)c1ccc2cc(-c3nn(C(C)(C)C)c4c3=C(N)NCN=4)n(C)c2c1. The van der Waals surface area contributed by atoms with Gasteiger partial charge in [0.1, 0.15) is 18.2 Å². The van der Waals surface area contributed by atoms with Crippen LogP contribution in [0.5, 0.6) is 0 Å². The van der Waals surface area contributed by atoms with Crippen LogP contribution in [0.3, 0.4) is 0 Å². The zero-order chi connectivity index (χ0) is 20.2. The molecule has 0 radical (unpaired) electrons. The summed E-state index contributed by atoms with van der Waals surface area (Å²) in [5, 5.41) is 12.5. The maximum absolute atomic E-state index is 12.0. The Balaban J connectivity index is 2.02. The van der Waals surface area contributed by atoms with Crippen LogP contribution < -0.4 is 27.1 Å². The van der Waals surface area contributed by atoms with Gasteiger partial charge in [-0.05, 0) is 39.0 Å². The standard InChI is InChI=1S/C20H25N7O/c1-20(2,3)27-18-15(17(21)23-10-24-18)16(25-27)14-8-11-6-7-12(19(28)22-4)9-13(11)26(14)5/h6-9,23H,10,21H2,1-5H3,(H,22,28). The van der Waals surface area contributed by atoms with Crippen LogP contribution in [0.25, 0.3) is 28.1 Å². The molecule has 0 bridgehead atoms. The third kappa shape index (κ3) is 2.64. The number of amides is 1. The van der Waals surface area contributed by atoms with Gasteiger partial charge in [-0.25, -0.2) is 9.67 Å². The summed E-state index contributed by atoms with van der Waals surface area (Å²) in [5.74, 6) is 0.464. The summed E-state index contributed by atoms with van der Waals surface area (Å²) >= 11 is 0. The van der Waals surface area contributed by atoms with E-state index in [4.69, 9.17) is 10.8 Å². The van der Waals surface area contributed by atoms with Crippen molar-refractivity contribution in [3.8, 4) is 11.4 Å². The molecule has 146 valence electrons. The molecule has 1 aromatic carbocycles. The van der Waals surface area contributed by atoms with Gasteiger partial charge < -0.3 is 20.9 Å². The van der Waals surface area contributed by atoms with E-state index in [0.29, 0.717) is 18.1 Å². The molecule has 2 aromatic heterocycles. The molecule has 0 atom stereocenters. The molecule has 0 spiro atoms. The predicted molar refractivity (Wildman–Crippen MR) is 109 cm³/mol. The first-order valence-corrected chi connectivity index (χ1v) is 9.22. The first-order valence-electron chi connectivity index (χ1n) is 9.22. The van der Waals surface area contributed by atoms with E-state index in [-0.39, 0.29) is 11.4 Å². The number of aromatic nitrogens is 3. The van der Waals surface area contributed by atoms with E-state index in [9.17, 15) is 4.79 Å². The Labute approximate surface area is 162 Å². The normalized spacial score (nSPS) is 13.8. The number of aryl methyl sites for hydroxylation is 1. The van der Waals surface area contributed by atoms with Crippen molar-refractivity contribution >= 4 is 22.6 Å². The third-order valence-corrected chi connectivity index (χ3v) is 5.04. The molecule has 8 heteroatoms. The van der Waals surface area contributed by atoms with Crippen molar-refractivity contribution in [1.82, 2.24) is 25.0 Å². The van der Waals surface area contributed by atoms with Crippen molar-refractivity contribution in [2.75, 3.05) is 13.7 Å². The van der Waals surface area contributed by atoms with Crippen LogP contribution in [0.2, 0.25) is 0 Å². The van der Waals surface area contributed by atoms with Crippen molar-refractivity contribution in [2.45, 2.75) is 26.3 Å². The van der Waals surface area contributed by atoms with Crippen LogP contribution in [-0.2, 0) is 12.6 Å². The maximum atomic E-state index is 12.0. The Kier molecular flexibility index (Phi) is 3.95. The lowest BCUT2D eigenvalue weighted by Crippen LogP contribution is -2.46. The lowest BCUT2D eigenvalue weighted by atomic mass is 10.1. The minimum absolute atomic E-state index is 0.111. The smallest absolute Gasteiger partial charge is 0.251 e. The summed E-state index contributed by atoms with van der Waals surface area (Å²) in [6.45, 7) is 6.71. The molecule has 0 saturated carbocycles. The van der Waals surface area contributed by atoms with Gasteiger partial charge in [0, 0.05) is 30.6 Å². The number of benzene rings is 1. The van der Waals surface area contributed by atoms with Crippen molar-refractivity contribution in [1.29, 1.82) is 0 Å². The first-order chi connectivity index (χ1) is 13.2. The average molecular weight is 379 g/mol. The van der Waals surface area contributed by atoms with Crippen molar-refractivity contribution in [2.24, 2.45) is 17.8 Å². The second-order valence-corrected chi connectivity index (χ2v) is 7.98. The van der Waals surface area contributed by atoms with Gasteiger partial charge in [0.15, 0.2) is 5.49 Å². The maximum Gasteiger partial charge on any atom is 0.251 e. The number of nitrogens with two attached hydrogens (primary N) is 1. The summed E-state index contributed by atoms with van der Waals surface area (Å²) in [5.41, 5.74) is 10.1. The predicted octanol–water partition coefficient (Wildman–Crippen LogP) is 0.361. The molecule has 3 aromatic rings. The van der Waals surface area contributed by atoms with Gasteiger partial charge in [0.2, 0.25) is 0 Å². The molecule has 3 heterocycles. The molecule has 0 saturated heterocycles. The fourth-order valence-corrected chi connectivity index (χ4v) is 3.58. The van der Waals surface area contributed by atoms with E-state index in [1.165, 1.54) is 0 Å². The van der Waals surface area contributed by atoms with Gasteiger partial charge in [0.25, 0.3) is 5.91 Å². The molecule has 0 aliphatic carbocycles. The quantitative estimate of drug-likeness (QED) is 0.598. The minimum Gasteiger partial charge on any atom is -0.385 e. The Morgan fingerprint density at radius 1 is 1.29 bits per heavy atom. The van der Waals surface area contributed by atoms with Gasteiger partial charge >= 0.3 is 0 Å². The zero-order valence-corrected chi connectivity index (χ0v) is 16.8. The monoisotopic (exact) mass is 379 g/mol. The fourth-order valence-electron chi connectivity index (χ4n) is 3.58. The summed E-state index contributed by atoms with van der Waals surface area (Å²) in [6.07, 6.45) is 0. The molecule has 1 aliphatic heterocycles. The Morgan fingerprint density at radius 2 is 2.04 bits per heavy atom. The molecule has 1 amide bonds. The molecule has 4 rings (SSSR count). The van der Waals surface area contributed by atoms with E-state index >= 15 is 0 Å². The number of carbonyl (C=O) groups excluding carboxylic acids is 1. The van der Waals surface area contributed by atoms with E-state index < -0.39 is 0 Å². The molecule has 4 N–H and O–H groups in total. The molecule has 0 unspecified atom stereocenters. The summed E-state index contributed by atoms with van der Waals surface area (Å²) in [7, 11) is 3.60. The van der Waals surface area contributed by atoms with Gasteiger partial charge in [-0.15, -0.1) is 0 Å². The van der Waals surface area contributed by atoms with Crippen LogP contribution in [0.15, 0.2) is 29.3 Å². The molecule has 28 heavy (non-hydrogen) atoms. The second-order valence-electron chi connectivity index (χ2n) is 7.98. The van der Waals surface area contributed by atoms with Gasteiger partial charge in [-0.2, -0.15) is 5.10 Å². The summed E-state index contributed by atoms with van der Waals surface area (Å²) < 4.78 is 3.97. The number of hydrogen-bond donors (Lipinski definition) is 3. The highest BCUT2D eigenvalue weighted by Crippen LogP contribution is 2.26. The highest BCUT2D eigenvalue weighted by atomic mass is 16.1. The number of carbonyl (C=O) groups is 1. The Bertz CT molecular complexity index is 1220. The summed E-state index contributed by atoms with van der Waals surface area (Å²) in [4.78, 5) is 16.6. The number of nitrogens with zero attached hydrogens (tertiary/aromatic N) is 4. The van der Waals surface area contributed by atoms with Crippen molar-refractivity contribution in [3.05, 3.63) is 40.5 Å². The highest BCUT2D eigenvalue weighted by Gasteiger charge is 2.24. The van der Waals surface area contributed by atoms with Crippen molar-refractivity contribution in [3.63, 3.8) is 0 Å². The van der Waals surface area contributed by atoms with Gasteiger partial charge in [0.05, 0.1) is 16.5 Å². The van der Waals surface area contributed by atoms with Gasteiger partial charge in [-0.3, -0.25) is 4.79 Å². The molecular formula is C20H25N7O. The van der Waals surface area contributed by atoms with Crippen molar-refractivity contribution < 1.29 is 4.79 Å². The summed E-state index contributed by atoms with van der Waals surface area (Å²) in [6, 6.07) is 7.73. The van der Waals surface area contributed by atoms with Crippen LogP contribution in [-0.4, -0.2) is 34.0 Å². The Hall–Kier alpha value is -3.29. The first kappa shape index (κ1) is 18.1. The molecular weight excluding hydrogens is 354 g/mol. The van der Waals surface area contributed by atoms with Crippen LogP contribution in [0.4, 0.5) is 0 Å². The lowest BCUT2D eigenvalue weighted by molar-refractivity contribution is 0.0963. The molecule has 1 aliphatic rings. The number of hydrogen-bond acceptors (Lipinski definition) is 5. The fraction of sp³-hybridized carbons (Fsp3) is 0.350. The minimum atomic E-state index is -0.236. The van der Waals surface area contributed by atoms with E-state index in [1.54, 1.807) is 7.05 Å². The zero-order valence-electron chi connectivity index (χ0n) is 16.8. The van der Waals surface area contributed by atoms with Gasteiger partial charge in [-0.1, -0.05) is 6.07 Å². The topological polar surface area (TPSA) is 102 Å². The van der Waals surface area contributed by atoms with E-state index in [1.807, 2.05) is 34.5 Å². The number of fused-ring (bicyclic) bond motifs is 2. The van der Waals surface area contributed by atoms with Crippen LogP contribution in [0, 0.1) is 0 Å². The Morgan fingerprint density at radius 3 is 2.71 bits per heavy atom. The average Bonchev–Trinajstić information content (AvgIpc) is 3.20. The second kappa shape index (κ2) is 6.12. The number of rotatable bonds is 2. The van der Waals surface area contributed by atoms with Crippen LogP contribution >= 0.6 is 0 Å². The van der Waals surface area contributed by atoms with E-state index in [0.717, 1.165) is 33.0 Å².